The summed E-state index contributed by atoms with van der Waals surface area (Å²) in [4.78, 5) is 2.34. The Balaban J connectivity index is 2.12. The fraction of sp³-hybridized carbons (Fsp3) is 1.00. The van der Waals surface area contributed by atoms with E-state index in [-0.39, 0.29) is 0 Å². The topological polar surface area (TPSA) is 46.6 Å². The molecule has 0 radical (unpaired) electrons. The summed E-state index contributed by atoms with van der Waals surface area (Å²) in [6.45, 7) is 1.22. The fourth-order valence-corrected chi connectivity index (χ4v) is 2.65. The van der Waals surface area contributed by atoms with Crippen molar-refractivity contribution in [3.63, 3.8) is 0 Å². The summed E-state index contributed by atoms with van der Waals surface area (Å²) in [5.41, 5.74) is 0. The number of hydrogen-bond acceptors (Lipinski definition) is 4. The van der Waals surface area contributed by atoms with Crippen LogP contribution in [0.4, 0.5) is 0 Å². The number of rotatable bonds is 6. The summed E-state index contributed by atoms with van der Waals surface area (Å²) >= 11 is 0. The molecule has 0 saturated heterocycles. The lowest BCUT2D eigenvalue weighted by Gasteiger charge is -2.31. The Morgan fingerprint density at radius 3 is 2.44 bits per heavy atom. The molecule has 16 heavy (non-hydrogen) atoms. The molecule has 5 heteroatoms. The third kappa shape index (κ3) is 5.82. The number of nitrogens with zero attached hydrogens (tertiary/aromatic N) is 1. The first-order valence-electron chi connectivity index (χ1n) is 6.04. The molecule has 0 heterocycles. The van der Waals surface area contributed by atoms with Crippen LogP contribution in [-0.2, 0) is 14.3 Å². The highest BCUT2D eigenvalue weighted by Crippen LogP contribution is 2.21. The first kappa shape index (κ1) is 13.9. The summed E-state index contributed by atoms with van der Waals surface area (Å²) in [6, 6.07) is 0.687. The van der Waals surface area contributed by atoms with Gasteiger partial charge in [0.25, 0.3) is 10.1 Å². The van der Waals surface area contributed by atoms with Crippen LogP contribution in [0.1, 0.15) is 38.5 Å². The second-order valence-electron chi connectivity index (χ2n) is 4.65. The van der Waals surface area contributed by atoms with Crippen LogP contribution in [0.25, 0.3) is 0 Å². The van der Waals surface area contributed by atoms with E-state index in [9.17, 15) is 8.42 Å². The maximum atomic E-state index is 10.7. The Morgan fingerprint density at radius 1 is 1.25 bits per heavy atom. The Hall–Kier alpha value is -0.130. The predicted molar refractivity (Wildman–Crippen MR) is 64.9 cm³/mol. The van der Waals surface area contributed by atoms with E-state index in [4.69, 9.17) is 4.18 Å². The molecule has 0 aromatic carbocycles. The van der Waals surface area contributed by atoms with E-state index in [0.717, 1.165) is 19.2 Å². The molecule has 96 valence electrons. The second kappa shape index (κ2) is 6.57. The van der Waals surface area contributed by atoms with E-state index >= 15 is 0 Å². The molecule has 1 fully saturated rings. The zero-order valence-electron chi connectivity index (χ0n) is 10.3. The minimum atomic E-state index is -3.27. The van der Waals surface area contributed by atoms with Gasteiger partial charge in [-0.25, -0.2) is 0 Å². The largest absolute Gasteiger partial charge is 0.303 e. The highest BCUT2D eigenvalue weighted by atomic mass is 32.2. The van der Waals surface area contributed by atoms with Crippen molar-refractivity contribution < 1.29 is 12.6 Å². The Kier molecular flexibility index (Phi) is 5.72. The van der Waals surface area contributed by atoms with Crippen LogP contribution in [0.15, 0.2) is 0 Å². The van der Waals surface area contributed by atoms with Crippen molar-refractivity contribution in [3.8, 4) is 0 Å². The van der Waals surface area contributed by atoms with Crippen molar-refractivity contribution in [1.29, 1.82) is 0 Å². The summed E-state index contributed by atoms with van der Waals surface area (Å²) in [7, 11) is -1.14. The van der Waals surface area contributed by atoms with Crippen LogP contribution in [-0.4, -0.2) is 45.8 Å². The smallest absolute Gasteiger partial charge is 0.264 e. The normalized spacial score (nSPS) is 19.2. The van der Waals surface area contributed by atoms with Gasteiger partial charge in [-0.15, -0.1) is 0 Å². The van der Waals surface area contributed by atoms with Gasteiger partial charge in [0, 0.05) is 12.6 Å². The van der Waals surface area contributed by atoms with E-state index in [0.29, 0.717) is 12.6 Å². The summed E-state index contributed by atoms with van der Waals surface area (Å²) in [5, 5.41) is 0. The van der Waals surface area contributed by atoms with Gasteiger partial charge in [-0.2, -0.15) is 8.42 Å². The molecule has 0 atom stereocenters. The van der Waals surface area contributed by atoms with Gasteiger partial charge in [0.15, 0.2) is 0 Å². The predicted octanol–water partition coefficient (Wildman–Crippen LogP) is 1.62. The van der Waals surface area contributed by atoms with E-state index in [1.807, 2.05) is 0 Å². The van der Waals surface area contributed by atoms with E-state index in [1.54, 1.807) is 0 Å². The standard InChI is InChI=1S/C11H23NO3S/c1-12(11-7-4-3-5-8-11)9-6-10-15-16(2,13)14/h11H,3-10H2,1-2H3. The quantitative estimate of drug-likeness (QED) is 0.530. The molecule has 0 spiro atoms. The molecular formula is C11H23NO3S. The lowest BCUT2D eigenvalue weighted by atomic mass is 9.94. The molecule has 1 saturated carbocycles. The van der Waals surface area contributed by atoms with Crippen molar-refractivity contribution in [2.45, 2.75) is 44.6 Å². The van der Waals surface area contributed by atoms with Gasteiger partial charge in [-0.3, -0.25) is 4.18 Å². The summed E-state index contributed by atoms with van der Waals surface area (Å²) in [6.07, 6.45) is 8.45. The molecule has 0 aromatic heterocycles. The first-order valence-corrected chi connectivity index (χ1v) is 7.85. The van der Waals surface area contributed by atoms with Crippen molar-refractivity contribution in [1.82, 2.24) is 4.90 Å². The van der Waals surface area contributed by atoms with E-state index < -0.39 is 10.1 Å². The van der Waals surface area contributed by atoms with Gasteiger partial charge in [-0.1, -0.05) is 19.3 Å². The van der Waals surface area contributed by atoms with Gasteiger partial charge in [0.2, 0.25) is 0 Å². The Morgan fingerprint density at radius 2 is 1.88 bits per heavy atom. The lowest BCUT2D eigenvalue weighted by molar-refractivity contribution is 0.178. The van der Waals surface area contributed by atoms with Crippen LogP contribution in [0, 0.1) is 0 Å². The zero-order valence-corrected chi connectivity index (χ0v) is 11.1. The monoisotopic (exact) mass is 249 g/mol. The maximum Gasteiger partial charge on any atom is 0.264 e. The van der Waals surface area contributed by atoms with Crippen LogP contribution in [0.3, 0.4) is 0 Å². The van der Waals surface area contributed by atoms with E-state index in [2.05, 4.69) is 11.9 Å². The minimum absolute atomic E-state index is 0.301. The molecule has 1 rings (SSSR count). The summed E-state index contributed by atoms with van der Waals surface area (Å²) in [5.74, 6) is 0. The average Bonchev–Trinajstić information content (AvgIpc) is 2.24. The van der Waals surface area contributed by atoms with Gasteiger partial charge >= 0.3 is 0 Å². The molecule has 0 N–H and O–H groups in total. The third-order valence-corrected chi connectivity index (χ3v) is 3.75. The first-order chi connectivity index (χ1) is 7.49. The van der Waals surface area contributed by atoms with Crippen molar-refractivity contribution >= 4 is 10.1 Å². The highest BCUT2D eigenvalue weighted by Gasteiger charge is 2.17. The van der Waals surface area contributed by atoms with E-state index in [1.165, 1.54) is 32.1 Å². The number of hydrogen-bond donors (Lipinski definition) is 0. The van der Waals surface area contributed by atoms with Gasteiger partial charge in [-0.05, 0) is 26.3 Å². The second-order valence-corrected chi connectivity index (χ2v) is 6.30. The van der Waals surface area contributed by atoms with Crippen LogP contribution < -0.4 is 0 Å². The molecule has 0 unspecified atom stereocenters. The van der Waals surface area contributed by atoms with Gasteiger partial charge in [0.1, 0.15) is 0 Å². The zero-order chi connectivity index (χ0) is 12.0. The van der Waals surface area contributed by atoms with Crippen LogP contribution in [0.5, 0.6) is 0 Å². The molecule has 0 aliphatic heterocycles. The molecule has 1 aliphatic carbocycles. The average molecular weight is 249 g/mol. The highest BCUT2D eigenvalue weighted by molar-refractivity contribution is 7.85. The van der Waals surface area contributed by atoms with Gasteiger partial charge < -0.3 is 4.90 Å². The summed E-state index contributed by atoms with van der Waals surface area (Å²) < 4.78 is 26.2. The van der Waals surface area contributed by atoms with Crippen molar-refractivity contribution in [2.24, 2.45) is 0 Å². The molecule has 1 aliphatic rings. The molecule has 0 bridgehead atoms. The molecular weight excluding hydrogens is 226 g/mol. The molecule has 0 amide bonds. The molecule has 0 aromatic rings. The Bertz CT molecular complexity index is 284. The fourth-order valence-electron chi connectivity index (χ4n) is 2.23. The third-order valence-electron chi connectivity index (χ3n) is 3.15. The van der Waals surface area contributed by atoms with Gasteiger partial charge in [0.05, 0.1) is 12.9 Å². The lowest BCUT2D eigenvalue weighted by Crippen LogP contribution is -2.34. The molecule has 4 nitrogen and oxygen atoms in total. The Labute approximate surface area is 99.1 Å². The van der Waals surface area contributed by atoms with Crippen LogP contribution in [0.2, 0.25) is 0 Å². The van der Waals surface area contributed by atoms with Crippen molar-refractivity contribution in [2.75, 3.05) is 26.5 Å². The van der Waals surface area contributed by atoms with Crippen molar-refractivity contribution in [3.05, 3.63) is 0 Å². The SMILES string of the molecule is CN(CCCOS(C)(=O)=O)C1CCCCC1. The van der Waals surface area contributed by atoms with Crippen LogP contribution >= 0.6 is 0 Å². The minimum Gasteiger partial charge on any atom is -0.303 e. The maximum absolute atomic E-state index is 10.7.